The fourth-order valence-corrected chi connectivity index (χ4v) is 1.27. The molecule has 1 atom stereocenters. The van der Waals surface area contributed by atoms with Crippen LogP contribution in [0, 0.1) is 10.1 Å². The Kier molecular flexibility index (Phi) is 4.77. The Morgan fingerprint density at radius 2 is 2.15 bits per heavy atom. The van der Waals surface area contributed by atoms with Crippen molar-refractivity contribution in [2.45, 2.75) is 18.7 Å². The lowest BCUT2D eigenvalue weighted by Gasteiger charge is -2.17. The van der Waals surface area contributed by atoms with Gasteiger partial charge in [0.2, 0.25) is 5.91 Å². The van der Waals surface area contributed by atoms with E-state index < -0.39 is 34.0 Å². The molecule has 110 valence electrons. The molecule has 10 heteroatoms. The van der Waals surface area contributed by atoms with Crippen LogP contribution in [-0.4, -0.2) is 22.6 Å². The number of carbonyl (C=O) groups excluding carboxylic acids is 1. The maximum absolute atomic E-state index is 12.9. The van der Waals surface area contributed by atoms with Gasteiger partial charge < -0.3 is 10.1 Å². The lowest BCUT2D eigenvalue weighted by molar-refractivity contribution is -0.384. The molecule has 6 nitrogen and oxygen atoms in total. The molecule has 1 aromatic carbocycles. The SMILES string of the molecule is CC(=O)Nc1ccc(OC(F)(F)C(F)Cl)cc1[N+](=O)[O-]. The van der Waals surface area contributed by atoms with Crippen molar-refractivity contribution in [1.82, 2.24) is 0 Å². The van der Waals surface area contributed by atoms with Gasteiger partial charge in [0.15, 0.2) is 0 Å². The molecular weight excluding hydrogens is 305 g/mol. The number of carbonyl (C=O) groups is 1. The van der Waals surface area contributed by atoms with Gasteiger partial charge in [-0.25, -0.2) is 4.39 Å². The van der Waals surface area contributed by atoms with E-state index in [1.54, 1.807) is 0 Å². The molecule has 0 bridgehead atoms. The lowest BCUT2D eigenvalue weighted by Crippen LogP contribution is -2.32. The van der Waals surface area contributed by atoms with Gasteiger partial charge in [0.05, 0.1) is 11.0 Å². The van der Waals surface area contributed by atoms with Crippen LogP contribution in [0.1, 0.15) is 6.92 Å². The Bertz CT molecular complexity index is 539. The van der Waals surface area contributed by atoms with Crippen LogP contribution in [0.2, 0.25) is 0 Å². The predicted octanol–water partition coefficient (Wildman–Crippen LogP) is 3.06. The van der Waals surface area contributed by atoms with Crippen molar-refractivity contribution < 1.29 is 27.6 Å². The normalized spacial score (nSPS) is 12.7. The number of anilines is 1. The van der Waals surface area contributed by atoms with E-state index in [1.807, 2.05) is 0 Å². The molecule has 1 amide bonds. The zero-order chi connectivity index (χ0) is 15.5. The highest BCUT2D eigenvalue weighted by Crippen LogP contribution is 2.33. The number of ether oxygens (including phenoxy) is 1. The molecule has 0 aromatic heterocycles. The number of amides is 1. The molecule has 0 saturated heterocycles. The monoisotopic (exact) mass is 312 g/mol. The summed E-state index contributed by atoms with van der Waals surface area (Å²) < 4.78 is 42.1. The summed E-state index contributed by atoms with van der Waals surface area (Å²) in [7, 11) is 0. The highest BCUT2D eigenvalue weighted by molar-refractivity contribution is 6.20. The molecular formula is C10H8ClF3N2O4. The smallest absolute Gasteiger partial charge is 0.429 e. The maximum atomic E-state index is 12.9. The minimum absolute atomic E-state index is 0.208. The van der Waals surface area contributed by atoms with Crippen molar-refractivity contribution >= 4 is 28.9 Å². The minimum Gasteiger partial charge on any atom is -0.429 e. The minimum atomic E-state index is -4.34. The second kappa shape index (κ2) is 5.95. The van der Waals surface area contributed by atoms with Gasteiger partial charge in [0, 0.05) is 6.92 Å². The molecule has 0 aliphatic heterocycles. The van der Waals surface area contributed by atoms with Crippen molar-refractivity contribution in [2.24, 2.45) is 0 Å². The van der Waals surface area contributed by atoms with Gasteiger partial charge in [0.25, 0.3) is 11.3 Å². The Balaban J connectivity index is 3.11. The molecule has 1 aromatic rings. The molecule has 0 fully saturated rings. The van der Waals surface area contributed by atoms with Crippen LogP contribution in [0.25, 0.3) is 0 Å². The largest absolute Gasteiger partial charge is 0.444 e. The summed E-state index contributed by atoms with van der Waals surface area (Å²) in [6.07, 6.45) is -4.34. The highest BCUT2D eigenvalue weighted by atomic mass is 35.5. The van der Waals surface area contributed by atoms with Gasteiger partial charge in [-0.05, 0) is 12.1 Å². The van der Waals surface area contributed by atoms with E-state index in [1.165, 1.54) is 0 Å². The Morgan fingerprint density at radius 1 is 1.55 bits per heavy atom. The number of rotatable bonds is 5. The molecule has 0 aliphatic carbocycles. The van der Waals surface area contributed by atoms with Crippen LogP contribution in [0.4, 0.5) is 24.5 Å². The third-order valence-electron chi connectivity index (χ3n) is 1.98. The fraction of sp³-hybridized carbons (Fsp3) is 0.300. The second-order valence-electron chi connectivity index (χ2n) is 3.58. The highest BCUT2D eigenvalue weighted by Gasteiger charge is 2.42. The Morgan fingerprint density at radius 3 is 2.60 bits per heavy atom. The molecule has 0 aliphatic rings. The van der Waals surface area contributed by atoms with Gasteiger partial charge in [0.1, 0.15) is 11.4 Å². The average Bonchev–Trinajstić information content (AvgIpc) is 2.29. The zero-order valence-corrected chi connectivity index (χ0v) is 10.7. The molecule has 20 heavy (non-hydrogen) atoms. The number of nitro groups is 1. The maximum Gasteiger partial charge on any atom is 0.444 e. The Hall–Kier alpha value is -2.03. The number of nitrogens with zero attached hydrogens (tertiary/aromatic N) is 1. The van der Waals surface area contributed by atoms with E-state index in [0.29, 0.717) is 6.07 Å². The molecule has 0 radical (unpaired) electrons. The standard InChI is InChI=1S/C10H8ClF3N2O4/c1-5(17)15-7-3-2-6(4-8(7)16(18)19)20-10(13,14)9(11)12/h2-4,9H,1H3,(H,15,17). The van der Waals surface area contributed by atoms with Crippen molar-refractivity contribution in [3.8, 4) is 5.75 Å². The van der Waals surface area contributed by atoms with E-state index in [-0.39, 0.29) is 5.69 Å². The number of benzene rings is 1. The first-order valence-electron chi connectivity index (χ1n) is 5.04. The van der Waals surface area contributed by atoms with Crippen LogP contribution in [-0.2, 0) is 4.79 Å². The summed E-state index contributed by atoms with van der Waals surface area (Å²) in [4.78, 5) is 20.7. The molecule has 1 rings (SSSR count). The molecule has 1 unspecified atom stereocenters. The summed E-state index contributed by atoms with van der Waals surface area (Å²) in [5.74, 6) is -1.25. The van der Waals surface area contributed by atoms with Gasteiger partial charge in [-0.2, -0.15) is 8.78 Å². The van der Waals surface area contributed by atoms with Crippen LogP contribution in [0.3, 0.4) is 0 Å². The first-order valence-corrected chi connectivity index (χ1v) is 5.48. The number of hydrogen-bond donors (Lipinski definition) is 1. The van der Waals surface area contributed by atoms with Crippen molar-refractivity contribution in [3.63, 3.8) is 0 Å². The van der Waals surface area contributed by atoms with E-state index in [2.05, 4.69) is 21.7 Å². The lowest BCUT2D eigenvalue weighted by atomic mass is 10.2. The summed E-state index contributed by atoms with van der Waals surface area (Å²) in [6.45, 7) is 1.11. The van der Waals surface area contributed by atoms with Crippen LogP contribution in [0.5, 0.6) is 5.75 Å². The molecule has 0 heterocycles. The predicted molar refractivity (Wildman–Crippen MR) is 63.7 cm³/mol. The van der Waals surface area contributed by atoms with Gasteiger partial charge in [-0.15, -0.1) is 0 Å². The van der Waals surface area contributed by atoms with Gasteiger partial charge >= 0.3 is 6.11 Å². The fourth-order valence-electron chi connectivity index (χ4n) is 1.22. The quantitative estimate of drug-likeness (QED) is 0.514. The van der Waals surface area contributed by atoms with E-state index in [0.717, 1.165) is 19.1 Å². The average molecular weight is 313 g/mol. The Labute approximate surface area is 115 Å². The molecule has 0 saturated carbocycles. The summed E-state index contributed by atoms with van der Waals surface area (Å²) in [5, 5.41) is 12.9. The van der Waals surface area contributed by atoms with Gasteiger partial charge in [-0.3, -0.25) is 14.9 Å². The van der Waals surface area contributed by atoms with Crippen LogP contribution >= 0.6 is 11.6 Å². The third kappa shape index (κ3) is 3.98. The number of hydrogen-bond acceptors (Lipinski definition) is 4. The number of halogens is 4. The van der Waals surface area contributed by atoms with Crippen LogP contribution < -0.4 is 10.1 Å². The summed E-state index contributed by atoms with van der Waals surface area (Å²) >= 11 is 4.59. The second-order valence-corrected chi connectivity index (χ2v) is 3.96. The summed E-state index contributed by atoms with van der Waals surface area (Å²) in [5.41, 5.74) is -4.00. The van der Waals surface area contributed by atoms with Crippen molar-refractivity contribution in [1.29, 1.82) is 0 Å². The van der Waals surface area contributed by atoms with Crippen molar-refractivity contribution in [2.75, 3.05) is 5.32 Å². The topological polar surface area (TPSA) is 81.5 Å². The number of nitrogens with one attached hydrogen (secondary N) is 1. The molecule has 1 N–H and O–H groups in total. The van der Waals surface area contributed by atoms with E-state index in [4.69, 9.17) is 0 Å². The van der Waals surface area contributed by atoms with E-state index >= 15 is 0 Å². The number of alkyl halides is 4. The van der Waals surface area contributed by atoms with Crippen molar-refractivity contribution in [3.05, 3.63) is 28.3 Å². The van der Waals surface area contributed by atoms with Gasteiger partial charge in [-0.1, -0.05) is 11.6 Å². The first kappa shape index (κ1) is 16.0. The van der Waals surface area contributed by atoms with E-state index in [9.17, 15) is 28.1 Å². The molecule has 0 spiro atoms. The zero-order valence-electron chi connectivity index (χ0n) is 9.90. The summed E-state index contributed by atoms with van der Waals surface area (Å²) in [6, 6.07) is 2.51. The number of nitro benzene ring substituents is 1. The van der Waals surface area contributed by atoms with Crippen LogP contribution in [0.15, 0.2) is 18.2 Å². The third-order valence-corrected chi connectivity index (χ3v) is 2.24. The first-order chi connectivity index (χ1) is 9.13.